The van der Waals surface area contributed by atoms with Crippen molar-refractivity contribution in [1.29, 1.82) is 0 Å². The highest BCUT2D eigenvalue weighted by atomic mass is 32.1. The number of hydrogen-bond acceptors (Lipinski definition) is 5. The molecule has 1 aliphatic rings. The molecule has 1 atom stereocenters. The first-order valence-electron chi connectivity index (χ1n) is 11.5. The molecule has 0 radical (unpaired) electrons. The third-order valence-electron chi connectivity index (χ3n) is 6.08. The van der Waals surface area contributed by atoms with E-state index in [0.717, 1.165) is 25.7 Å². The van der Waals surface area contributed by atoms with Gasteiger partial charge in [0.1, 0.15) is 11.9 Å². The van der Waals surface area contributed by atoms with Gasteiger partial charge in [0.05, 0.1) is 11.4 Å². The van der Waals surface area contributed by atoms with Crippen molar-refractivity contribution in [3.63, 3.8) is 0 Å². The van der Waals surface area contributed by atoms with Crippen LogP contribution in [0, 0.1) is 12.7 Å². The second-order valence-corrected chi connectivity index (χ2v) is 9.48. The van der Waals surface area contributed by atoms with E-state index in [9.17, 15) is 18.8 Å². The van der Waals surface area contributed by atoms with E-state index >= 15 is 0 Å². The summed E-state index contributed by atoms with van der Waals surface area (Å²) < 4.78 is 14.6. The molecule has 3 aromatic rings. The zero-order valence-electron chi connectivity index (χ0n) is 19.4. The monoisotopic (exact) mass is 494 g/mol. The second-order valence-electron chi connectivity index (χ2n) is 8.53. The number of anilines is 1. The molecule has 2 heterocycles. The molecule has 35 heavy (non-hydrogen) atoms. The third kappa shape index (κ3) is 5.92. The Hall–Kier alpha value is -3.59. The van der Waals surface area contributed by atoms with Gasteiger partial charge in [-0.1, -0.05) is 25.0 Å². The van der Waals surface area contributed by atoms with E-state index in [-0.39, 0.29) is 30.1 Å². The number of rotatable bonds is 8. The quantitative estimate of drug-likeness (QED) is 0.492. The van der Waals surface area contributed by atoms with Gasteiger partial charge in [-0.2, -0.15) is 0 Å². The van der Waals surface area contributed by atoms with Gasteiger partial charge >= 0.3 is 0 Å². The van der Waals surface area contributed by atoms with E-state index < -0.39 is 17.8 Å². The summed E-state index contributed by atoms with van der Waals surface area (Å²) in [5.41, 5.74) is 1.18. The molecule has 1 saturated carbocycles. The van der Waals surface area contributed by atoms with Crippen LogP contribution in [-0.4, -0.2) is 35.3 Å². The lowest BCUT2D eigenvalue weighted by Gasteiger charge is -2.32. The normalized spacial score (nSPS) is 14.3. The Labute approximate surface area is 207 Å². The average Bonchev–Trinajstić information content (AvgIpc) is 3.58. The molecular weight excluding hydrogens is 467 g/mol. The summed E-state index contributed by atoms with van der Waals surface area (Å²) in [6.45, 7) is 1.27. The Morgan fingerprint density at radius 1 is 1.14 bits per heavy atom. The zero-order chi connectivity index (χ0) is 24.8. The summed E-state index contributed by atoms with van der Waals surface area (Å²) >= 11 is 1.26. The number of hydrogen-bond donors (Lipinski definition) is 2. The number of aryl methyl sites for hydroxylation is 1. The first-order valence-corrected chi connectivity index (χ1v) is 12.4. The smallest absolute Gasteiger partial charge is 0.261 e. The minimum Gasteiger partial charge on any atom is -0.351 e. The van der Waals surface area contributed by atoms with Crippen LogP contribution < -0.4 is 15.5 Å². The van der Waals surface area contributed by atoms with Crippen molar-refractivity contribution in [1.82, 2.24) is 15.6 Å². The summed E-state index contributed by atoms with van der Waals surface area (Å²) in [6.07, 6.45) is 6.90. The molecule has 1 aliphatic carbocycles. The number of benzene rings is 1. The highest BCUT2D eigenvalue weighted by Gasteiger charge is 2.34. The summed E-state index contributed by atoms with van der Waals surface area (Å²) in [6, 6.07) is 10.1. The first-order chi connectivity index (χ1) is 16.9. The fourth-order valence-corrected chi connectivity index (χ4v) is 4.86. The number of nitrogens with one attached hydrogen (secondary N) is 2. The topological polar surface area (TPSA) is 91.4 Å². The average molecular weight is 495 g/mol. The number of thiophene rings is 1. The Bertz CT molecular complexity index is 1180. The fraction of sp³-hybridized carbons (Fsp3) is 0.308. The molecule has 4 rings (SSSR count). The third-order valence-corrected chi connectivity index (χ3v) is 6.95. The molecule has 0 spiro atoms. The number of aromatic nitrogens is 1. The largest absolute Gasteiger partial charge is 0.351 e. The van der Waals surface area contributed by atoms with Crippen molar-refractivity contribution in [2.24, 2.45) is 0 Å². The van der Waals surface area contributed by atoms with Crippen molar-refractivity contribution >= 4 is 34.7 Å². The molecule has 2 aromatic heterocycles. The number of halogens is 1. The van der Waals surface area contributed by atoms with E-state index in [2.05, 4.69) is 15.6 Å². The minimum absolute atomic E-state index is 0.0251. The van der Waals surface area contributed by atoms with Gasteiger partial charge in [0.25, 0.3) is 5.91 Å². The lowest BCUT2D eigenvalue weighted by atomic mass is 10.0. The van der Waals surface area contributed by atoms with Crippen molar-refractivity contribution in [3.8, 4) is 0 Å². The van der Waals surface area contributed by atoms with E-state index in [4.69, 9.17) is 0 Å². The Morgan fingerprint density at radius 3 is 2.54 bits per heavy atom. The van der Waals surface area contributed by atoms with Crippen LogP contribution in [-0.2, 0) is 9.59 Å². The van der Waals surface area contributed by atoms with Crippen LogP contribution in [0.1, 0.15) is 52.5 Å². The van der Waals surface area contributed by atoms with Crippen LogP contribution in [0.4, 0.5) is 10.1 Å². The van der Waals surface area contributed by atoms with Crippen molar-refractivity contribution < 1.29 is 18.8 Å². The summed E-state index contributed by atoms with van der Waals surface area (Å²) in [4.78, 5) is 45.4. The highest BCUT2D eigenvalue weighted by Crippen LogP contribution is 2.30. The van der Waals surface area contributed by atoms with Crippen LogP contribution in [0.3, 0.4) is 0 Å². The minimum atomic E-state index is -1.06. The molecule has 2 N–H and O–H groups in total. The lowest BCUT2D eigenvalue weighted by molar-refractivity contribution is -0.126. The van der Waals surface area contributed by atoms with E-state index in [1.807, 2.05) is 0 Å². The Morgan fingerprint density at radius 2 is 1.89 bits per heavy atom. The van der Waals surface area contributed by atoms with Crippen molar-refractivity contribution in [2.45, 2.75) is 44.7 Å². The Balaban J connectivity index is 1.69. The summed E-state index contributed by atoms with van der Waals surface area (Å²) in [5.74, 6) is -1.78. The number of amides is 3. The summed E-state index contributed by atoms with van der Waals surface area (Å²) in [7, 11) is 0. The van der Waals surface area contributed by atoms with Gasteiger partial charge < -0.3 is 10.6 Å². The number of nitrogens with zero attached hydrogens (tertiary/aromatic N) is 2. The molecule has 9 heteroatoms. The zero-order valence-corrected chi connectivity index (χ0v) is 20.2. The maximum Gasteiger partial charge on any atom is 0.261 e. The molecule has 0 bridgehead atoms. The predicted molar refractivity (Wildman–Crippen MR) is 133 cm³/mol. The van der Waals surface area contributed by atoms with Gasteiger partial charge in [0.15, 0.2) is 0 Å². The van der Waals surface area contributed by atoms with Gasteiger partial charge in [-0.3, -0.25) is 24.3 Å². The molecular formula is C26H27FN4O3S. The molecule has 3 amide bonds. The van der Waals surface area contributed by atoms with E-state index in [1.54, 1.807) is 61.1 Å². The maximum atomic E-state index is 14.6. The highest BCUT2D eigenvalue weighted by molar-refractivity contribution is 7.12. The fourth-order valence-electron chi connectivity index (χ4n) is 4.22. The molecule has 0 aliphatic heterocycles. The van der Waals surface area contributed by atoms with Crippen LogP contribution in [0.5, 0.6) is 0 Å². The van der Waals surface area contributed by atoms with Gasteiger partial charge in [-0.05, 0) is 66.6 Å². The van der Waals surface area contributed by atoms with Crippen molar-refractivity contribution in [3.05, 3.63) is 82.1 Å². The summed E-state index contributed by atoms with van der Waals surface area (Å²) in [5, 5.41) is 7.45. The Kier molecular flexibility index (Phi) is 7.87. The number of carbonyl (C=O) groups excluding carboxylic acids is 3. The van der Waals surface area contributed by atoms with Gasteiger partial charge in [-0.25, -0.2) is 4.39 Å². The SMILES string of the molecule is Cc1ccc(N(C(=O)CNC(=O)c2cccs2)[C@H](C(=O)NC2CCCC2)c2ccncc2)cc1F. The second kappa shape index (κ2) is 11.2. The van der Waals surface area contributed by atoms with Gasteiger partial charge in [0, 0.05) is 24.1 Å². The molecule has 1 fully saturated rings. The molecule has 0 saturated heterocycles. The van der Waals surface area contributed by atoms with E-state index in [0.29, 0.717) is 16.0 Å². The molecule has 182 valence electrons. The standard InChI is InChI=1S/C26H27FN4O3S/c1-17-8-9-20(15-21(17)27)31(23(32)16-29-25(33)22-7-4-14-35-22)24(18-10-12-28-13-11-18)26(34)30-19-5-2-3-6-19/h4,7-15,19,24H,2-3,5-6,16H2,1H3,(H,29,33)(H,30,34)/t24-/m0/s1. The molecule has 1 aromatic carbocycles. The predicted octanol–water partition coefficient (Wildman–Crippen LogP) is 4.15. The van der Waals surface area contributed by atoms with Crippen molar-refractivity contribution in [2.75, 3.05) is 11.4 Å². The van der Waals surface area contributed by atoms with Crippen LogP contribution in [0.15, 0.2) is 60.2 Å². The van der Waals surface area contributed by atoms with E-state index in [1.165, 1.54) is 22.3 Å². The number of pyridine rings is 1. The van der Waals surface area contributed by atoms with Gasteiger partial charge in [-0.15, -0.1) is 11.3 Å². The molecule has 0 unspecified atom stereocenters. The van der Waals surface area contributed by atoms with Gasteiger partial charge in [0.2, 0.25) is 11.8 Å². The first kappa shape index (κ1) is 24.5. The molecule has 7 nitrogen and oxygen atoms in total. The maximum absolute atomic E-state index is 14.6. The van der Waals surface area contributed by atoms with Crippen LogP contribution in [0.2, 0.25) is 0 Å². The van der Waals surface area contributed by atoms with Crippen LogP contribution >= 0.6 is 11.3 Å². The van der Waals surface area contributed by atoms with Crippen LogP contribution in [0.25, 0.3) is 0 Å². The number of carbonyl (C=O) groups is 3. The lowest BCUT2D eigenvalue weighted by Crippen LogP contribution is -2.49.